The lowest BCUT2D eigenvalue weighted by atomic mass is 9.99. The van der Waals surface area contributed by atoms with Gasteiger partial charge in [0.15, 0.2) is 0 Å². The molecule has 3 amide bonds. The Balaban J connectivity index is 1.09. The van der Waals surface area contributed by atoms with E-state index in [1.807, 2.05) is 72.2 Å². The Morgan fingerprint density at radius 3 is 2.04 bits per heavy atom. The summed E-state index contributed by atoms with van der Waals surface area (Å²) < 4.78 is 28.8. The lowest BCUT2D eigenvalue weighted by Gasteiger charge is -2.36. The molecule has 1 saturated heterocycles. The van der Waals surface area contributed by atoms with Crippen molar-refractivity contribution in [1.29, 1.82) is 0 Å². The molecule has 296 valence electrons. The summed E-state index contributed by atoms with van der Waals surface area (Å²) in [6.45, 7) is 4.58. The summed E-state index contributed by atoms with van der Waals surface area (Å²) in [5, 5.41) is 12.2. The van der Waals surface area contributed by atoms with Crippen LogP contribution in [-0.2, 0) is 16.6 Å². The van der Waals surface area contributed by atoms with Gasteiger partial charge in [-0.3, -0.25) is 24.7 Å². The number of nitro groups is 1. The van der Waals surface area contributed by atoms with Crippen LogP contribution < -0.4 is 14.5 Å². The largest absolute Gasteiger partial charge is 0.369 e. The minimum atomic E-state index is -4.53. The quantitative estimate of drug-likeness (QED) is 0.105. The van der Waals surface area contributed by atoms with Gasteiger partial charge < -0.3 is 14.7 Å². The van der Waals surface area contributed by atoms with E-state index in [1.165, 1.54) is 34.7 Å². The highest BCUT2D eigenvalue weighted by Crippen LogP contribution is 2.32. The molecule has 0 saturated carbocycles. The first-order valence-electron chi connectivity index (χ1n) is 18.6. The average Bonchev–Trinajstić information content (AvgIpc) is 3.22. The van der Waals surface area contributed by atoms with E-state index >= 15 is 0 Å². The molecule has 5 aromatic carbocycles. The lowest BCUT2D eigenvalue weighted by Crippen LogP contribution is -2.46. The number of amides is 3. The fourth-order valence-corrected chi connectivity index (χ4v) is 8.07. The lowest BCUT2D eigenvalue weighted by molar-refractivity contribution is -0.384. The van der Waals surface area contributed by atoms with Crippen molar-refractivity contribution >= 4 is 39.0 Å². The van der Waals surface area contributed by atoms with Crippen LogP contribution >= 0.6 is 0 Å². The number of sulfonamides is 1. The zero-order valence-electron chi connectivity index (χ0n) is 32.5. The molecule has 0 aromatic heterocycles. The van der Waals surface area contributed by atoms with Gasteiger partial charge in [0.05, 0.1) is 15.9 Å². The number of anilines is 2. The average molecular weight is 790 g/mol. The zero-order chi connectivity index (χ0) is 40.7. The molecule has 13 nitrogen and oxygen atoms in total. The van der Waals surface area contributed by atoms with E-state index < -0.39 is 37.5 Å². The minimum absolute atomic E-state index is 0.104. The smallest absolute Gasteiger partial charge is 0.324 e. The minimum Gasteiger partial charge on any atom is -0.369 e. The van der Waals surface area contributed by atoms with Crippen LogP contribution in [0.5, 0.6) is 0 Å². The Bertz CT molecular complexity index is 2300. The molecule has 14 heteroatoms. The van der Waals surface area contributed by atoms with E-state index in [4.69, 9.17) is 0 Å². The first-order valence-corrected chi connectivity index (χ1v) is 20.1. The molecule has 57 heavy (non-hydrogen) atoms. The third-order valence-corrected chi connectivity index (χ3v) is 11.5. The van der Waals surface area contributed by atoms with Crippen LogP contribution in [0.4, 0.5) is 21.9 Å². The highest BCUT2D eigenvalue weighted by atomic mass is 32.2. The second-order valence-electron chi connectivity index (χ2n) is 14.3. The van der Waals surface area contributed by atoms with E-state index in [-0.39, 0.29) is 17.3 Å². The Morgan fingerprint density at radius 1 is 0.789 bits per heavy atom. The van der Waals surface area contributed by atoms with Crippen molar-refractivity contribution in [3.05, 3.63) is 154 Å². The Morgan fingerprint density at radius 2 is 1.40 bits per heavy atom. The highest BCUT2D eigenvalue weighted by Gasteiger charge is 2.31. The van der Waals surface area contributed by atoms with Gasteiger partial charge in [0.1, 0.15) is 5.69 Å². The summed E-state index contributed by atoms with van der Waals surface area (Å²) in [7, 11) is 2.24. The van der Waals surface area contributed by atoms with Crippen LogP contribution in [0.2, 0.25) is 0 Å². The normalized spacial score (nSPS) is 13.9. The predicted octanol–water partition coefficient (Wildman–Crippen LogP) is 6.49. The van der Waals surface area contributed by atoms with Gasteiger partial charge in [-0.05, 0) is 72.7 Å². The number of likely N-dealkylation sites (N-methyl/N-ethyl adjacent to an activating group) is 2. The van der Waals surface area contributed by atoms with Crippen molar-refractivity contribution in [2.24, 2.45) is 0 Å². The molecule has 0 spiro atoms. The maximum atomic E-state index is 13.7. The van der Waals surface area contributed by atoms with Gasteiger partial charge in [-0.1, -0.05) is 84.9 Å². The maximum absolute atomic E-state index is 13.7. The number of hydrogen-bond donors (Lipinski definition) is 1. The monoisotopic (exact) mass is 789 g/mol. The summed E-state index contributed by atoms with van der Waals surface area (Å²) in [5.41, 5.74) is 4.88. The summed E-state index contributed by atoms with van der Waals surface area (Å²) in [5.74, 6) is -0.878. The van der Waals surface area contributed by atoms with Crippen molar-refractivity contribution < 1.29 is 22.9 Å². The van der Waals surface area contributed by atoms with E-state index in [0.29, 0.717) is 6.54 Å². The number of nitro benzene ring substituents is 1. The number of rotatable bonds is 13. The fourth-order valence-electron chi connectivity index (χ4n) is 7.07. The van der Waals surface area contributed by atoms with Crippen LogP contribution in [0.1, 0.15) is 27.5 Å². The topological polar surface area (TPSA) is 140 Å². The molecule has 0 bridgehead atoms. The second kappa shape index (κ2) is 17.8. The van der Waals surface area contributed by atoms with Crippen molar-refractivity contribution in [3.63, 3.8) is 0 Å². The van der Waals surface area contributed by atoms with Gasteiger partial charge in [0.25, 0.3) is 21.6 Å². The van der Waals surface area contributed by atoms with Gasteiger partial charge in [0.2, 0.25) is 0 Å². The van der Waals surface area contributed by atoms with Crippen molar-refractivity contribution in [3.8, 4) is 11.1 Å². The number of nitrogens with zero attached hydrogens (tertiary/aromatic N) is 6. The summed E-state index contributed by atoms with van der Waals surface area (Å²) in [4.78, 5) is 47.0. The van der Waals surface area contributed by atoms with Crippen LogP contribution in [0, 0.1) is 10.1 Å². The Hall–Kier alpha value is -6.09. The molecular weight excluding hydrogens is 743 g/mol. The molecule has 1 aliphatic rings. The molecule has 1 aliphatic heterocycles. The summed E-state index contributed by atoms with van der Waals surface area (Å²) in [6.07, 6.45) is 0. The van der Waals surface area contributed by atoms with Crippen molar-refractivity contribution in [1.82, 2.24) is 19.4 Å². The number of hydrogen-bond acceptors (Lipinski definition) is 9. The molecule has 0 radical (unpaired) electrons. The van der Waals surface area contributed by atoms with E-state index in [2.05, 4.69) is 46.2 Å². The molecule has 6 rings (SSSR count). The van der Waals surface area contributed by atoms with Crippen LogP contribution in [-0.4, -0.2) is 101 Å². The second-order valence-corrected chi connectivity index (χ2v) is 16.0. The number of carbonyl (C=O) groups is 2. The van der Waals surface area contributed by atoms with Crippen LogP contribution in [0.25, 0.3) is 11.1 Å². The number of nitrogens with one attached hydrogen (secondary N) is 1. The van der Waals surface area contributed by atoms with Crippen molar-refractivity contribution in [2.45, 2.75) is 17.5 Å². The molecular formula is C43H47N7O6S. The number of urea groups is 1. The van der Waals surface area contributed by atoms with Gasteiger partial charge in [-0.15, -0.1) is 0 Å². The molecule has 5 aromatic rings. The standard InChI is InChI=1S/C43H47N7O6S/c1-45(2)31-41(33-15-9-6-10-16-33)47(4)43(52)46(3)39-24-23-37(29-40(39)50(53)54)57(55,56)44-42(51)34-19-21-36(22-20-34)49-27-25-48(26-28-49)30-35-17-11-12-18-38(35)32-13-7-5-8-14-32/h5-24,29,41H,25-28,30-31H2,1-4H3,(H,44,51). The fraction of sp³-hybridized carbons (Fsp3) is 0.256. The predicted molar refractivity (Wildman–Crippen MR) is 223 cm³/mol. The third-order valence-electron chi connectivity index (χ3n) is 10.2. The Labute approximate surface area is 333 Å². The molecule has 1 heterocycles. The number of benzene rings is 5. The van der Waals surface area contributed by atoms with E-state index in [9.17, 15) is 28.1 Å². The zero-order valence-corrected chi connectivity index (χ0v) is 33.3. The molecule has 1 fully saturated rings. The third kappa shape index (κ3) is 9.66. The van der Waals surface area contributed by atoms with Gasteiger partial charge >= 0.3 is 6.03 Å². The molecule has 1 N–H and O–H groups in total. The Kier molecular flexibility index (Phi) is 12.7. The molecule has 1 unspecified atom stereocenters. The number of carbonyl (C=O) groups excluding carboxylic acids is 2. The molecule has 1 atom stereocenters. The van der Waals surface area contributed by atoms with E-state index in [0.717, 1.165) is 61.0 Å². The van der Waals surface area contributed by atoms with Crippen LogP contribution in [0.3, 0.4) is 0 Å². The van der Waals surface area contributed by atoms with E-state index in [1.54, 1.807) is 31.3 Å². The highest BCUT2D eigenvalue weighted by molar-refractivity contribution is 7.90. The van der Waals surface area contributed by atoms with Crippen molar-refractivity contribution in [2.75, 3.05) is 70.7 Å². The van der Waals surface area contributed by atoms with Gasteiger partial charge in [-0.25, -0.2) is 17.9 Å². The molecule has 0 aliphatic carbocycles. The summed E-state index contributed by atoms with van der Waals surface area (Å²) in [6, 6.07) is 37.2. The van der Waals surface area contributed by atoms with Gasteiger partial charge in [0, 0.05) is 70.7 Å². The first kappa shape index (κ1) is 40.6. The van der Waals surface area contributed by atoms with Crippen LogP contribution in [0.15, 0.2) is 132 Å². The first-order chi connectivity index (χ1) is 27.3. The maximum Gasteiger partial charge on any atom is 0.324 e. The number of piperazine rings is 1. The van der Waals surface area contributed by atoms with Gasteiger partial charge in [-0.2, -0.15) is 0 Å². The SMILES string of the molecule is CN(C)CC(c1ccccc1)N(C)C(=O)N(C)c1ccc(S(=O)(=O)NC(=O)c2ccc(N3CCN(Cc4ccccc4-c4ccccc4)CC3)cc2)cc1[N+](=O)[O-]. The summed E-state index contributed by atoms with van der Waals surface area (Å²) >= 11 is 0.